The number of benzene rings is 1. The van der Waals surface area contributed by atoms with E-state index < -0.39 is 0 Å². The first-order chi connectivity index (χ1) is 11.1. The molecule has 0 saturated heterocycles. The van der Waals surface area contributed by atoms with Gasteiger partial charge in [0.25, 0.3) is 0 Å². The predicted molar refractivity (Wildman–Crippen MR) is 91.9 cm³/mol. The Hall–Kier alpha value is -2.12. The van der Waals surface area contributed by atoms with Crippen molar-refractivity contribution in [1.29, 1.82) is 0 Å². The third kappa shape index (κ3) is 5.88. The Labute approximate surface area is 143 Å². The fraction of sp³-hybridized carbons (Fsp3) is 0.250. The number of halogens is 1. The quantitative estimate of drug-likeness (QED) is 0.800. The van der Waals surface area contributed by atoms with Gasteiger partial charge in [0.1, 0.15) is 5.75 Å². The molecular formula is C16H18BrN3O3. The highest BCUT2D eigenvalue weighted by Crippen LogP contribution is 2.23. The molecule has 0 spiro atoms. The van der Waals surface area contributed by atoms with Crippen molar-refractivity contribution in [3.8, 4) is 11.6 Å². The van der Waals surface area contributed by atoms with Crippen LogP contribution in [0.1, 0.15) is 6.92 Å². The fourth-order valence-corrected chi connectivity index (χ4v) is 2.23. The molecule has 0 saturated carbocycles. The maximum absolute atomic E-state index is 11.8. The number of hydrogen-bond acceptors (Lipinski definition) is 4. The first-order valence-electron chi connectivity index (χ1n) is 7.03. The van der Waals surface area contributed by atoms with Crippen molar-refractivity contribution in [1.82, 2.24) is 10.3 Å². The van der Waals surface area contributed by atoms with Gasteiger partial charge in [-0.2, -0.15) is 0 Å². The highest BCUT2D eigenvalue weighted by Gasteiger charge is 2.07. The lowest BCUT2D eigenvalue weighted by Crippen LogP contribution is -2.38. The molecule has 0 radical (unpaired) electrons. The van der Waals surface area contributed by atoms with Crippen molar-refractivity contribution in [3.05, 3.63) is 47.1 Å². The van der Waals surface area contributed by atoms with Crippen LogP contribution in [-0.2, 0) is 4.74 Å². The molecule has 1 aromatic heterocycles. The second-order valence-electron chi connectivity index (χ2n) is 4.90. The van der Waals surface area contributed by atoms with E-state index in [2.05, 4.69) is 31.5 Å². The van der Waals surface area contributed by atoms with Crippen LogP contribution in [0, 0.1) is 0 Å². The van der Waals surface area contributed by atoms with Gasteiger partial charge >= 0.3 is 6.03 Å². The van der Waals surface area contributed by atoms with Crippen LogP contribution < -0.4 is 15.4 Å². The summed E-state index contributed by atoms with van der Waals surface area (Å²) in [7, 11) is 1.59. The van der Waals surface area contributed by atoms with Crippen molar-refractivity contribution >= 4 is 27.6 Å². The lowest BCUT2D eigenvalue weighted by Gasteiger charge is -2.13. The standard InChI is InChI=1S/C16H18BrN3O3/c1-11(10-22-2)19-16(21)20-13-6-7-15(18-9-13)23-14-5-3-4-12(17)8-14/h3-9,11H,10H2,1-2H3,(H2,19,20,21). The number of nitrogens with zero attached hydrogens (tertiary/aromatic N) is 1. The van der Waals surface area contributed by atoms with Crippen molar-refractivity contribution in [2.45, 2.75) is 13.0 Å². The number of pyridine rings is 1. The summed E-state index contributed by atoms with van der Waals surface area (Å²) in [4.78, 5) is 15.9. The number of amides is 2. The average molecular weight is 380 g/mol. The van der Waals surface area contributed by atoms with Crippen LogP contribution in [0.5, 0.6) is 11.6 Å². The highest BCUT2D eigenvalue weighted by molar-refractivity contribution is 9.10. The van der Waals surface area contributed by atoms with Gasteiger partial charge in [0, 0.05) is 17.6 Å². The summed E-state index contributed by atoms with van der Waals surface area (Å²) in [5, 5.41) is 5.45. The fourth-order valence-electron chi connectivity index (χ4n) is 1.85. The van der Waals surface area contributed by atoms with Gasteiger partial charge < -0.3 is 20.1 Å². The van der Waals surface area contributed by atoms with Gasteiger partial charge in [0.05, 0.1) is 24.5 Å². The van der Waals surface area contributed by atoms with E-state index in [1.165, 1.54) is 6.20 Å². The topological polar surface area (TPSA) is 72.5 Å². The van der Waals surface area contributed by atoms with E-state index in [0.717, 1.165) is 4.47 Å². The number of carbonyl (C=O) groups excluding carboxylic acids is 1. The molecule has 0 fully saturated rings. The Kier molecular flexibility index (Phi) is 6.37. The van der Waals surface area contributed by atoms with Gasteiger partial charge in [-0.3, -0.25) is 0 Å². The van der Waals surface area contributed by atoms with Crippen LogP contribution in [0.3, 0.4) is 0 Å². The van der Waals surface area contributed by atoms with Gasteiger partial charge in [-0.15, -0.1) is 0 Å². The van der Waals surface area contributed by atoms with Crippen LogP contribution in [0.15, 0.2) is 47.1 Å². The van der Waals surface area contributed by atoms with Gasteiger partial charge in [-0.05, 0) is 31.2 Å². The maximum atomic E-state index is 11.8. The number of carbonyl (C=O) groups is 1. The van der Waals surface area contributed by atoms with Crippen LogP contribution >= 0.6 is 15.9 Å². The highest BCUT2D eigenvalue weighted by atomic mass is 79.9. The SMILES string of the molecule is COCC(C)NC(=O)Nc1ccc(Oc2cccc(Br)c2)nc1. The summed E-state index contributed by atoms with van der Waals surface area (Å²) in [5.41, 5.74) is 0.578. The maximum Gasteiger partial charge on any atom is 0.319 e. The summed E-state index contributed by atoms with van der Waals surface area (Å²) in [5.74, 6) is 1.13. The van der Waals surface area contributed by atoms with Gasteiger partial charge in [-0.1, -0.05) is 22.0 Å². The molecule has 0 aliphatic rings. The van der Waals surface area contributed by atoms with E-state index in [0.29, 0.717) is 23.9 Å². The third-order valence-electron chi connectivity index (χ3n) is 2.81. The number of hydrogen-bond donors (Lipinski definition) is 2. The molecule has 1 heterocycles. The molecule has 122 valence electrons. The summed E-state index contributed by atoms with van der Waals surface area (Å²) in [6.07, 6.45) is 1.54. The van der Waals surface area contributed by atoms with Crippen LogP contribution in [-0.4, -0.2) is 30.8 Å². The molecule has 2 aromatic rings. The Balaban J connectivity index is 1.90. The molecule has 1 atom stereocenters. The number of aromatic nitrogens is 1. The number of urea groups is 1. The molecule has 2 rings (SSSR count). The van der Waals surface area contributed by atoms with Crippen molar-refractivity contribution < 1.29 is 14.3 Å². The molecule has 0 aliphatic carbocycles. The zero-order valence-corrected chi connectivity index (χ0v) is 14.5. The van der Waals surface area contributed by atoms with E-state index in [-0.39, 0.29) is 12.1 Å². The van der Waals surface area contributed by atoms with E-state index >= 15 is 0 Å². The van der Waals surface area contributed by atoms with Crippen LogP contribution in [0.2, 0.25) is 0 Å². The van der Waals surface area contributed by atoms with Crippen LogP contribution in [0.4, 0.5) is 10.5 Å². The van der Waals surface area contributed by atoms with Gasteiger partial charge in [-0.25, -0.2) is 9.78 Å². The molecular weight excluding hydrogens is 362 g/mol. The molecule has 6 nitrogen and oxygen atoms in total. The summed E-state index contributed by atoms with van der Waals surface area (Å²) in [6.45, 7) is 2.31. The van der Waals surface area contributed by atoms with Gasteiger partial charge in [0.15, 0.2) is 0 Å². The molecule has 0 aliphatic heterocycles. The molecule has 2 N–H and O–H groups in total. The lowest BCUT2D eigenvalue weighted by molar-refractivity contribution is 0.173. The Morgan fingerprint density at radius 2 is 2.17 bits per heavy atom. The Morgan fingerprint density at radius 1 is 1.35 bits per heavy atom. The number of ether oxygens (including phenoxy) is 2. The minimum Gasteiger partial charge on any atom is -0.439 e. The first-order valence-corrected chi connectivity index (χ1v) is 7.82. The van der Waals surface area contributed by atoms with E-state index in [9.17, 15) is 4.79 Å². The Morgan fingerprint density at radius 3 is 2.83 bits per heavy atom. The molecule has 7 heteroatoms. The first kappa shape index (κ1) is 17.2. The van der Waals surface area contributed by atoms with Gasteiger partial charge in [0.2, 0.25) is 5.88 Å². The normalized spacial score (nSPS) is 11.6. The largest absolute Gasteiger partial charge is 0.439 e. The number of anilines is 1. The average Bonchev–Trinajstić information content (AvgIpc) is 2.49. The number of methoxy groups -OCH3 is 1. The molecule has 1 unspecified atom stereocenters. The van der Waals surface area contributed by atoms with Crippen molar-refractivity contribution in [3.63, 3.8) is 0 Å². The number of nitrogens with one attached hydrogen (secondary N) is 2. The van der Waals surface area contributed by atoms with E-state index in [1.54, 1.807) is 19.2 Å². The molecule has 1 aromatic carbocycles. The van der Waals surface area contributed by atoms with Crippen molar-refractivity contribution in [2.24, 2.45) is 0 Å². The lowest BCUT2D eigenvalue weighted by atomic mass is 10.3. The monoisotopic (exact) mass is 379 g/mol. The summed E-state index contributed by atoms with van der Waals surface area (Å²) < 4.78 is 11.5. The molecule has 23 heavy (non-hydrogen) atoms. The minimum absolute atomic E-state index is 0.0768. The zero-order valence-electron chi connectivity index (χ0n) is 12.9. The summed E-state index contributed by atoms with van der Waals surface area (Å²) in [6, 6.07) is 10.5. The van der Waals surface area contributed by atoms with E-state index in [4.69, 9.17) is 9.47 Å². The zero-order chi connectivity index (χ0) is 16.7. The summed E-state index contributed by atoms with van der Waals surface area (Å²) >= 11 is 3.38. The second kappa shape index (κ2) is 8.50. The second-order valence-corrected chi connectivity index (χ2v) is 5.82. The molecule has 2 amide bonds. The number of rotatable bonds is 6. The van der Waals surface area contributed by atoms with E-state index in [1.807, 2.05) is 31.2 Å². The third-order valence-corrected chi connectivity index (χ3v) is 3.30. The minimum atomic E-state index is -0.308. The smallest absolute Gasteiger partial charge is 0.319 e. The van der Waals surface area contributed by atoms with Crippen LogP contribution in [0.25, 0.3) is 0 Å². The Bertz CT molecular complexity index is 649. The predicted octanol–water partition coefficient (Wildman–Crippen LogP) is 3.79. The van der Waals surface area contributed by atoms with Crippen molar-refractivity contribution in [2.75, 3.05) is 19.0 Å². The molecule has 0 bridgehead atoms.